The van der Waals surface area contributed by atoms with Gasteiger partial charge in [-0.1, -0.05) is 67.4 Å². The van der Waals surface area contributed by atoms with Gasteiger partial charge in [-0.3, -0.25) is 14.5 Å². The maximum atomic E-state index is 11.9. The van der Waals surface area contributed by atoms with Crippen LogP contribution in [0.3, 0.4) is 0 Å². The molecule has 2 aromatic rings. The van der Waals surface area contributed by atoms with Crippen molar-refractivity contribution in [2.75, 3.05) is 13.1 Å². The average molecular weight is 537 g/mol. The summed E-state index contributed by atoms with van der Waals surface area (Å²) >= 11 is 0. The van der Waals surface area contributed by atoms with Crippen LogP contribution in [-0.4, -0.2) is 52.2 Å². The second kappa shape index (κ2) is 14.4. The van der Waals surface area contributed by atoms with Crippen molar-refractivity contribution < 1.29 is 29.3 Å². The van der Waals surface area contributed by atoms with E-state index in [9.17, 15) is 14.7 Å². The zero-order chi connectivity index (χ0) is 27.6. The Hall–Kier alpha value is -3.04. The van der Waals surface area contributed by atoms with Crippen molar-refractivity contribution in [1.82, 2.24) is 10.2 Å². The minimum atomic E-state index is -0.987. The summed E-state index contributed by atoms with van der Waals surface area (Å²) in [4.78, 5) is 25.0. The molecule has 39 heavy (non-hydrogen) atoms. The van der Waals surface area contributed by atoms with Gasteiger partial charge in [-0.15, -0.1) is 6.58 Å². The van der Waals surface area contributed by atoms with Crippen LogP contribution in [0.25, 0.3) is 0 Å². The van der Waals surface area contributed by atoms with E-state index in [0.717, 1.165) is 41.8 Å². The molecule has 2 fully saturated rings. The number of rotatable bonds is 13. The van der Waals surface area contributed by atoms with Gasteiger partial charge in [-0.25, -0.2) is 0 Å². The van der Waals surface area contributed by atoms with Gasteiger partial charge in [-0.05, 0) is 29.5 Å². The van der Waals surface area contributed by atoms with Gasteiger partial charge in [-0.2, -0.15) is 0 Å². The number of benzene rings is 2. The van der Waals surface area contributed by atoms with Crippen LogP contribution in [0.15, 0.2) is 61.2 Å². The van der Waals surface area contributed by atoms with Gasteiger partial charge in [0.25, 0.3) is 0 Å². The maximum absolute atomic E-state index is 11.9. The number of amides is 1. The first-order valence-electron chi connectivity index (χ1n) is 13.9. The van der Waals surface area contributed by atoms with Crippen LogP contribution in [0.4, 0.5) is 0 Å². The molecule has 2 aromatic carbocycles. The van der Waals surface area contributed by atoms with Crippen LogP contribution < -0.4 is 5.32 Å². The number of aliphatic carboxylic acids is 1. The molecule has 0 unspecified atom stereocenters. The number of aliphatic hydroxyl groups is 1. The predicted octanol–water partition coefficient (Wildman–Crippen LogP) is 4.64. The highest BCUT2D eigenvalue weighted by Gasteiger charge is 2.34. The van der Waals surface area contributed by atoms with E-state index in [1.807, 2.05) is 54.6 Å². The first-order chi connectivity index (χ1) is 18.9. The van der Waals surface area contributed by atoms with Crippen LogP contribution in [0, 0.1) is 0 Å². The van der Waals surface area contributed by atoms with E-state index in [1.54, 1.807) is 0 Å². The molecular weight excluding hydrogens is 496 g/mol. The molecule has 210 valence electrons. The molecule has 1 amide bonds. The molecule has 0 bridgehead atoms. The maximum Gasteiger partial charge on any atom is 0.303 e. The highest BCUT2D eigenvalue weighted by Crippen LogP contribution is 2.38. The number of carboxylic acids is 1. The number of nitrogens with one attached hydrogen (secondary N) is 1. The summed E-state index contributed by atoms with van der Waals surface area (Å²) < 4.78 is 13.0. The Labute approximate surface area is 230 Å². The lowest BCUT2D eigenvalue weighted by molar-refractivity contribution is -0.253. The number of carboxylic acid groups (broad SMARTS) is 1. The molecule has 4 rings (SSSR count). The summed E-state index contributed by atoms with van der Waals surface area (Å²) in [6.45, 7) is 5.95. The molecule has 8 nitrogen and oxygen atoms in total. The number of ether oxygens (including phenoxy) is 2. The molecule has 8 heteroatoms. The van der Waals surface area contributed by atoms with E-state index in [1.165, 1.54) is 25.7 Å². The second-order valence-corrected chi connectivity index (χ2v) is 10.4. The SMILES string of the molecule is C=CCN(C[C@H]1C[C@@H](c2ccc(CO)cc2)O[C@@H](c2ccc(CNC(=O)CCC(=O)O)cc2)O1)C1CCCC1. The van der Waals surface area contributed by atoms with Crippen LogP contribution in [0.5, 0.6) is 0 Å². The normalized spacial score (nSPS) is 21.6. The highest BCUT2D eigenvalue weighted by molar-refractivity contribution is 5.80. The number of carbonyl (C=O) groups excluding carboxylic acids is 1. The second-order valence-electron chi connectivity index (χ2n) is 10.4. The van der Waals surface area contributed by atoms with E-state index >= 15 is 0 Å². The molecule has 1 aliphatic heterocycles. The molecule has 3 N–H and O–H groups in total. The van der Waals surface area contributed by atoms with Crippen molar-refractivity contribution in [3.63, 3.8) is 0 Å². The van der Waals surface area contributed by atoms with Crippen LogP contribution in [0.1, 0.15) is 79.6 Å². The van der Waals surface area contributed by atoms with Crippen molar-refractivity contribution in [3.8, 4) is 0 Å². The third kappa shape index (κ3) is 8.47. The van der Waals surface area contributed by atoms with Crippen LogP contribution in [0.2, 0.25) is 0 Å². The van der Waals surface area contributed by atoms with Crippen molar-refractivity contribution in [1.29, 1.82) is 0 Å². The first-order valence-corrected chi connectivity index (χ1v) is 13.9. The molecule has 1 aliphatic carbocycles. The van der Waals surface area contributed by atoms with Gasteiger partial charge >= 0.3 is 5.97 Å². The van der Waals surface area contributed by atoms with Gasteiger partial charge in [0.1, 0.15) is 0 Å². The minimum absolute atomic E-state index is 0.00439. The Morgan fingerprint density at radius 3 is 2.28 bits per heavy atom. The summed E-state index contributed by atoms with van der Waals surface area (Å²) in [5.74, 6) is -1.27. The van der Waals surface area contributed by atoms with Crippen molar-refractivity contribution >= 4 is 11.9 Å². The molecule has 0 spiro atoms. The van der Waals surface area contributed by atoms with E-state index in [4.69, 9.17) is 14.6 Å². The highest BCUT2D eigenvalue weighted by atomic mass is 16.7. The van der Waals surface area contributed by atoms with E-state index < -0.39 is 12.3 Å². The summed E-state index contributed by atoms with van der Waals surface area (Å²) in [7, 11) is 0. The Morgan fingerprint density at radius 2 is 1.64 bits per heavy atom. The van der Waals surface area contributed by atoms with Gasteiger partial charge in [0.2, 0.25) is 5.91 Å². The van der Waals surface area contributed by atoms with Crippen molar-refractivity contribution in [2.45, 2.75) is 82.6 Å². The summed E-state index contributed by atoms with van der Waals surface area (Å²) in [6.07, 6.45) is 6.71. The monoisotopic (exact) mass is 536 g/mol. The van der Waals surface area contributed by atoms with Crippen LogP contribution >= 0.6 is 0 Å². The first kappa shape index (κ1) is 29.0. The summed E-state index contributed by atoms with van der Waals surface area (Å²) in [5.41, 5.74) is 3.73. The van der Waals surface area contributed by atoms with Crippen LogP contribution in [-0.2, 0) is 32.2 Å². The number of hydrogen-bond acceptors (Lipinski definition) is 6. The van der Waals surface area contributed by atoms with Gasteiger partial charge < -0.3 is 25.0 Å². The van der Waals surface area contributed by atoms with E-state index in [-0.39, 0.29) is 37.6 Å². The zero-order valence-electron chi connectivity index (χ0n) is 22.5. The largest absolute Gasteiger partial charge is 0.481 e. The van der Waals surface area contributed by atoms with Gasteiger partial charge in [0, 0.05) is 44.1 Å². The number of aliphatic hydroxyl groups excluding tert-OH is 1. The molecule has 1 saturated carbocycles. The third-order valence-electron chi connectivity index (χ3n) is 7.57. The van der Waals surface area contributed by atoms with Crippen molar-refractivity contribution in [2.24, 2.45) is 0 Å². The molecule has 3 atom stereocenters. The van der Waals surface area contributed by atoms with Gasteiger partial charge in [0.05, 0.1) is 25.2 Å². The lowest BCUT2D eigenvalue weighted by Crippen LogP contribution is -2.43. The molecule has 0 radical (unpaired) electrons. The predicted molar refractivity (Wildman–Crippen MR) is 148 cm³/mol. The third-order valence-corrected chi connectivity index (χ3v) is 7.57. The molecule has 0 aromatic heterocycles. The fourth-order valence-electron chi connectivity index (χ4n) is 5.40. The Balaban J connectivity index is 1.46. The number of nitrogens with zero attached hydrogens (tertiary/aromatic N) is 1. The topological polar surface area (TPSA) is 108 Å². The van der Waals surface area contributed by atoms with E-state index in [2.05, 4.69) is 16.8 Å². The standard InChI is InChI=1S/C31H40N2O6/c1-2-17-33(26-5-3-4-6-26)20-27-18-28(24-11-9-23(21-34)10-12-24)39-31(38-27)25-13-7-22(8-14-25)19-32-29(35)15-16-30(36)37/h2,7-14,26-28,31,34H,1,3-6,15-21H2,(H,32,35)(H,36,37)/t27-,28+,31+/m1/s1. The number of hydrogen-bond donors (Lipinski definition) is 3. The number of carbonyl (C=O) groups is 2. The fourth-order valence-corrected chi connectivity index (χ4v) is 5.40. The average Bonchev–Trinajstić information content (AvgIpc) is 3.50. The fraction of sp³-hybridized carbons (Fsp3) is 0.484. The lowest BCUT2D eigenvalue weighted by atomic mass is 9.99. The summed E-state index contributed by atoms with van der Waals surface area (Å²) in [6, 6.07) is 16.2. The molecule has 2 aliphatic rings. The Kier molecular flexibility index (Phi) is 10.7. The molecule has 1 saturated heterocycles. The van der Waals surface area contributed by atoms with E-state index in [0.29, 0.717) is 12.6 Å². The Bertz CT molecular complexity index is 1080. The van der Waals surface area contributed by atoms with Crippen molar-refractivity contribution in [3.05, 3.63) is 83.4 Å². The summed E-state index contributed by atoms with van der Waals surface area (Å²) in [5, 5.41) is 21.0. The molecule has 1 heterocycles. The minimum Gasteiger partial charge on any atom is -0.481 e. The quantitative estimate of drug-likeness (QED) is 0.320. The molecular formula is C31H40N2O6. The smallest absolute Gasteiger partial charge is 0.303 e. The zero-order valence-corrected chi connectivity index (χ0v) is 22.5. The lowest BCUT2D eigenvalue weighted by Gasteiger charge is -2.39. The van der Waals surface area contributed by atoms with Gasteiger partial charge in [0.15, 0.2) is 6.29 Å². The Morgan fingerprint density at radius 1 is 0.974 bits per heavy atom.